The minimum Gasteiger partial charge on any atom is -0.382 e. The number of ether oxygens (including phenoxy) is 2. The summed E-state index contributed by atoms with van der Waals surface area (Å²) in [5.41, 5.74) is 0.414. The third-order valence-corrected chi connectivity index (χ3v) is 3.95. The van der Waals surface area contributed by atoms with E-state index < -0.39 is 4.92 Å². The summed E-state index contributed by atoms with van der Waals surface area (Å²) < 4.78 is 10.8. The highest BCUT2D eigenvalue weighted by Crippen LogP contribution is 2.32. The summed E-state index contributed by atoms with van der Waals surface area (Å²) in [5, 5.41) is 11.9. The molecule has 3 rings (SSSR count). The molecule has 1 atom stereocenters. The SMILES string of the molecule is COCC1CN(c2ncnc3c(Cl)cc([N+](=O)[O-])cc23)CCO1. The Bertz CT molecular complexity index is 740. The molecule has 1 aliphatic rings. The number of hydrogen-bond donors (Lipinski definition) is 0. The minimum absolute atomic E-state index is 0.0760. The minimum atomic E-state index is -0.477. The Kier molecular flexibility index (Phi) is 4.56. The van der Waals surface area contributed by atoms with Crippen LogP contribution in [-0.2, 0) is 9.47 Å². The van der Waals surface area contributed by atoms with Gasteiger partial charge in [-0.05, 0) is 0 Å². The number of nitrogens with zero attached hydrogens (tertiary/aromatic N) is 4. The van der Waals surface area contributed by atoms with E-state index in [2.05, 4.69) is 9.97 Å². The molecule has 0 N–H and O–H groups in total. The summed E-state index contributed by atoms with van der Waals surface area (Å²) in [7, 11) is 1.62. The Labute approximate surface area is 137 Å². The van der Waals surface area contributed by atoms with Crippen LogP contribution < -0.4 is 4.90 Å². The van der Waals surface area contributed by atoms with Gasteiger partial charge >= 0.3 is 0 Å². The number of methoxy groups -OCH3 is 1. The van der Waals surface area contributed by atoms with E-state index in [0.717, 1.165) is 0 Å². The number of hydrogen-bond acceptors (Lipinski definition) is 7. The average molecular weight is 339 g/mol. The van der Waals surface area contributed by atoms with Crippen molar-refractivity contribution < 1.29 is 14.4 Å². The Morgan fingerprint density at radius 2 is 2.35 bits per heavy atom. The van der Waals surface area contributed by atoms with Gasteiger partial charge in [0.05, 0.1) is 40.2 Å². The lowest BCUT2D eigenvalue weighted by molar-refractivity contribution is -0.384. The third kappa shape index (κ3) is 3.19. The van der Waals surface area contributed by atoms with Crippen molar-refractivity contribution in [1.82, 2.24) is 9.97 Å². The van der Waals surface area contributed by atoms with Gasteiger partial charge in [0.15, 0.2) is 0 Å². The molecule has 2 heterocycles. The van der Waals surface area contributed by atoms with Crippen LogP contribution in [0.25, 0.3) is 10.9 Å². The lowest BCUT2D eigenvalue weighted by atomic mass is 10.2. The lowest BCUT2D eigenvalue weighted by Gasteiger charge is -2.33. The van der Waals surface area contributed by atoms with Gasteiger partial charge in [0.1, 0.15) is 12.1 Å². The Hall–Kier alpha value is -2.03. The van der Waals surface area contributed by atoms with Crippen molar-refractivity contribution >= 4 is 34.0 Å². The smallest absolute Gasteiger partial charge is 0.271 e. The van der Waals surface area contributed by atoms with Gasteiger partial charge in [0.2, 0.25) is 0 Å². The molecule has 9 heteroatoms. The van der Waals surface area contributed by atoms with Crippen LogP contribution in [-0.4, -0.2) is 54.4 Å². The van der Waals surface area contributed by atoms with Gasteiger partial charge in [-0.3, -0.25) is 10.1 Å². The van der Waals surface area contributed by atoms with Crippen molar-refractivity contribution in [2.45, 2.75) is 6.10 Å². The molecule has 0 radical (unpaired) electrons. The van der Waals surface area contributed by atoms with Crippen LogP contribution in [0.4, 0.5) is 11.5 Å². The number of fused-ring (bicyclic) bond motifs is 1. The number of anilines is 1. The molecule has 0 bridgehead atoms. The van der Waals surface area contributed by atoms with E-state index in [1.165, 1.54) is 18.5 Å². The first-order valence-corrected chi connectivity index (χ1v) is 7.42. The number of rotatable bonds is 4. The zero-order valence-corrected chi connectivity index (χ0v) is 13.2. The number of nitro benzene ring substituents is 1. The quantitative estimate of drug-likeness (QED) is 0.622. The second kappa shape index (κ2) is 6.61. The summed E-state index contributed by atoms with van der Waals surface area (Å²) in [4.78, 5) is 21.1. The van der Waals surface area contributed by atoms with Crippen molar-refractivity contribution in [2.75, 3.05) is 38.3 Å². The highest BCUT2D eigenvalue weighted by Gasteiger charge is 2.24. The monoisotopic (exact) mass is 338 g/mol. The summed E-state index contributed by atoms with van der Waals surface area (Å²) in [6, 6.07) is 2.76. The first-order valence-electron chi connectivity index (χ1n) is 7.04. The second-order valence-corrected chi connectivity index (χ2v) is 5.58. The highest BCUT2D eigenvalue weighted by molar-refractivity contribution is 6.35. The lowest BCUT2D eigenvalue weighted by Crippen LogP contribution is -2.44. The zero-order chi connectivity index (χ0) is 16.4. The molecule has 1 aliphatic heterocycles. The normalized spacial score (nSPS) is 18.3. The molecule has 1 unspecified atom stereocenters. The second-order valence-electron chi connectivity index (χ2n) is 5.17. The Balaban J connectivity index is 2.04. The van der Waals surface area contributed by atoms with Crippen molar-refractivity contribution in [1.29, 1.82) is 0 Å². The predicted octanol–water partition coefficient (Wildman–Crippen LogP) is 2.04. The number of benzene rings is 1. The summed E-state index contributed by atoms with van der Waals surface area (Å²) in [6.45, 7) is 2.22. The maximum Gasteiger partial charge on any atom is 0.271 e. The van der Waals surface area contributed by atoms with E-state index in [1.54, 1.807) is 7.11 Å². The fourth-order valence-corrected chi connectivity index (χ4v) is 2.92. The number of nitro groups is 1. The standard InChI is InChI=1S/C14H15ClN4O4/c1-22-7-10-6-18(2-3-23-10)14-11-4-9(19(20)21)5-12(15)13(11)16-8-17-14/h4-5,8,10H,2-3,6-7H2,1H3. The van der Waals surface area contributed by atoms with Gasteiger partial charge in [-0.1, -0.05) is 11.6 Å². The predicted molar refractivity (Wildman–Crippen MR) is 85.0 cm³/mol. The van der Waals surface area contributed by atoms with Crippen LogP contribution in [0.2, 0.25) is 5.02 Å². The molecule has 1 fully saturated rings. The van der Waals surface area contributed by atoms with E-state index in [4.69, 9.17) is 21.1 Å². The van der Waals surface area contributed by atoms with Crippen molar-refractivity contribution in [3.63, 3.8) is 0 Å². The summed E-state index contributed by atoms with van der Waals surface area (Å²) >= 11 is 6.14. The number of non-ortho nitro benzene ring substituents is 1. The molecule has 1 aromatic heterocycles. The van der Waals surface area contributed by atoms with Crippen molar-refractivity contribution in [3.8, 4) is 0 Å². The first-order chi connectivity index (χ1) is 11.1. The van der Waals surface area contributed by atoms with Crippen LogP contribution in [0, 0.1) is 10.1 Å². The Morgan fingerprint density at radius 1 is 1.52 bits per heavy atom. The van der Waals surface area contributed by atoms with E-state index in [1.807, 2.05) is 4.90 Å². The van der Waals surface area contributed by atoms with Crippen LogP contribution in [0.1, 0.15) is 0 Å². The molecule has 0 amide bonds. The Morgan fingerprint density at radius 3 is 3.09 bits per heavy atom. The molecule has 1 aromatic carbocycles. The van der Waals surface area contributed by atoms with Gasteiger partial charge in [0, 0.05) is 32.3 Å². The molecule has 1 saturated heterocycles. The van der Waals surface area contributed by atoms with Crippen LogP contribution in [0.3, 0.4) is 0 Å². The largest absolute Gasteiger partial charge is 0.382 e. The fraction of sp³-hybridized carbons (Fsp3) is 0.429. The van der Waals surface area contributed by atoms with Gasteiger partial charge in [-0.2, -0.15) is 0 Å². The average Bonchev–Trinajstić information content (AvgIpc) is 2.55. The third-order valence-electron chi connectivity index (χ3n) is 3.66. The molecule has 8 nitrogen and oxygen atoms in total. The first kappa shape index (κ1) is 15.9. The summed E-state index contributed by atoms with van der Waals surface area (Å²) in [6.07, 6.45) is 1.34. The van der Waals surface area contributed by atoms with E-state index >= 15 is 0 Å². The molecule has 0 aliphatic carbocycles. The van der Waals surface area contributed by atoms with Gasteiger partial charge in [-0.15, -0.1) is 0 Å². The topological polar surface area (TPSA) is 90.6 Å². The van der Waals surface area contributed by atoms with E-state index in [-0.39, 0.29) is 16.8 Å². The zero-order valence-electron chi connectivity index (χ0n) is 12.4. The van der Waals surface area contributed by atoms with Crippen molar-refractivity contribution in [2.24, 2.45) is 0 Å². The highest BCUT2D eigenvalue weighted by atomic mass is 35.5. The van der Waals surface area contributed by atoms with E-state index in [9.17, 15) is 10.1 Å². The maximum absolute atomic E-state index is 11.1. The molecule has 2 aromatic rings. The van der Waals surface area contributed by atoms with Gasteiger partial charge in [0.25, 0.3) is 5.69 Å². The molecule has 0 saturated carbocycles. The molecule has 122 valence electrons. The number of aromatic nitrogens is 2. The fourth-order valence-electron chi connectivity index (χ4n) is 2.65. The van der Waals surface area contributed by atoms with Gasteiger partial charge < -0.3 is 14.4 Å². The summed E-state index contributed by atoms with van der Waals surface area (Å²) in [5.74, 6) is 0.616. The van der Waals surface area contributed by atoms with Crippen LogP contribution in [0.5, 0.6) is 0 Å². The number of morpholine rings is 1. The maximum atomic E-state index is 11.1. The van der Waals surface area contributed by atoms with E-state index in [0.29, 0.717) is 43.0 Å². The molecule has 0 spiro atoms. The van der Waals surface area contributed by atoms with Gasteiger partial charge in [-0.25, -0.2) is 9.97 Å². The van der Waals surface area contributed by atoms with Crippen LogP contribution in [0.15, 0.2) is 18.5 Å². The molecular formula is C14H15ClN4O4. The van der Waals surface area contributed by atoms with Crippen LogP contribution >= 0.6 is 11.6 Å². The molecular weight excluding hydrogens is 324 g/mol. The number of halogens is 1. The molecule has 23 heavy (non-hydrogen) atoms. The van der Waals surface area contributed by atoms with Crippen molar-refractivity contribution in [3.05, 3.63) is 33.6 Å².